The first-order valence-electron chi connectivity index (χ1n) is 8.85. The second-order valence-corrected chi connectivity index (χ2v) is 6.74. The van der Waals surface area contributed by atoms with Crippen LogP contribution in [0.25, 0.3) is 0 Å². The highest BCUT2D eigenvalue weighted by molar-refractivity contribution is 5.95. The molecule has 0 unspecified atom stereocenters. The van der Waals surface area contributed by atoms with Crippen LogP contribution in [0.3, 0.4) is 0 Å². The molecule has 0 atom stereocenters. The molecule has 4 rings (SSSR count). The Morgan fingerprint density at radius 2 is 1.92 bits per heavy atom. The molecule has 2 aromatic rings. The van der Waals surface area contributed by atoms with Crippen LogP contribution in [0, 0.1) is 6.92 Å². The van der Waals surface area contributed by atoms with Crippen molar-refractivity contribution < 1.29 is 4.79 Å². The molecule has 1 saturated heterocycles. The van der Waals surface area contributed by atoms with Gasteiger partial charge < -0.3 is 9.80 Å². The number of fused-ring (bicyclic) bond motifs is 1. The van der Waals surface area contributed by atoms with Crippen LogP contribution >= 0.6 is 0 Å². The van der Waals surface area contributed by atoms with Crippen LogP contribution in [-0.2, 0) is 17.8 Å². The molecule has 2 aliphatic rings. The molecule has 2 aliphatic heterocycles. The average molecular weight is 338 g/mol. The summed E-state index contributed by atoms with van der Waals surface area (Å²) in [5, 5.41) is 0. The van der Waals surface area contributed by atoms with Crippen molar-refractivity contribution in [1.29, 1.82) is 0 Å². The third-order valence-corrected chi connectivity index (χ3v) is 4.99. The first-order chi connectivity index (χ1) is 12.1. The minimum atomic E-state index is -0.157. The Labute approximate surface area is 146 Å². The van der Waals surface area contributed by atoms with Crippen LogP contribution in [0.5, 0.6) is 0 Å². The van der Waals surface area contributed by atoms with E-state index in [2.05, 4.69) is 16.0 Å². The van der Waals surface area contributed by atoms with Gasteiger partial charge >= 0.3 is 0 Å². The number of carbonyl (C=O) groups excluding carboxylic acids is 1. The monoisotopic (exact) mass is 338 g/mol. The fraction of sp³-hybridized carbons (Fsp3) is 0.421. The number of aryl methyl sites for hydroxylation is 1. The van der Waals surface area contributed by atoms with Gasteiger partial charge in [0.05, 0.1) is 0 Å². The maximum Gasteiger partial charge on any atom is 0.255 e. The van der Waals surface area contributed by atoms with Crippen LogP contribution < -0.4 is 15.4 Å². The second kappa shape index (κ2) is 6.35. The quantitative estimate of drug-likeness (QED) is 0.855. The molecule has 1 amide bonds. The molecular weight excluding hydrogens is 316 g/mol. The molecule has 6 nitrogen and oxygen atoms in total. The van der Waals surface area contributed by atoms with Crippen LogP contribution in [0.2, 0.25) is 0 Å². The van der Waals surface area contributed by atoms with Crippen molar-refractivity contribution in [2.24, 2.45) is 0 Å². The third kappa shape index (κ3) is 2.92. The summed E-state index contributed by atoms with van der Waals surface area (Å²) in [6.07, 6.45) is 3.05. The van der Waals surface area contributed by atoms with Crippen molar-refractivity contribution in [3.63, 3.8) is 0 Å². The zero-order valence-electron chi connectivity index (χ0n) is 14.4. The van der Waals surface area contributed by atoms with Crippen molar-refractivity contribution in [3.8, 4) is 0 Å². The predicted octanol–water partition coefficient (Wildman–Crippen LogP) is 1.74. The SMILES string of the molecule is Cc1cc(=O)n(CC(=O)N2CCc3ccccc32)c(N2CCCC2)n1. The highest BCUT2D eigenvalue weighted by Crippen LogP contribution is 2.28. The minimum absolute atomic E-state index is 0.0340. The highest BCUT2D eigenvalue weighted by Gasteiger charge is 2.26. The van der Waals surface area contributed by atoms with Crippen LogP contribution in [0.1, 0.15) is 24.1 Å². The Bertz CT molecular complexity index is 868. The van der Waals surface area contributed by atoms with Gasteiger partial charge in [-0.15, -0.1) is 0 Å². The molecule has 0 bridgehead atoms. The molecule has 1 aromatic heterocycles. The van der Waals surface area contributed by atoms with E-state index in [1.54, 1.807) is 4.90 Å². The largest absolute Gasteiger partial charge is 0.342 e. The van der Waals surface area contributed by atoms with Crippen molar-refractivity contribution >= 4 is 17.5 Å². The lowest BCUT2D eigenvalue weighted by molar-refractivity contribution is -0.119. The summed E-state index contributed by atoms with van der Waals surface area (Å²) in [6, 6.07) is 9.47. The number of anilines is 2. The lowest BCUT2D eigenvalue weighted by atomic mass is 10.2. The summed E-state index contributed by atoms with van der Waals surface area (Å²) in [5.74, 6) is 0.571. The normalized spacial score (nSPS) is 16.4. The van der Waals surface area contributed by atoms with Crippen LogP contribution in [-0.4, -0.2) is 35.1 Å². The van der Waals surface area contributed by atoms with E-state index in [1.807, 2.05) is 25.1 Å². The van der Waals surface area contributed by atoms with Gasteiger partial charge in [-0.1, -0.05) is 18.2 Å². The molecule has 130 valence electrons. The summed E-state index contributed by atoms with van der Waals surface area (Å²) in [7, 11) is 0. The molecule has 1 fully saturated rings. The molecule has 0 saturated carbocycles. The minimum Gasteiger partial charge on any atom is -0.342 e. The number of hydrogen-bond acceptors (Lipinski definition) is 4. The number of aromatic nitrogens is 2. The summed E-state index contributed by atoms with van der Waals surface area (Å²) in [5.41, 5.74) is 2.69. The van der Waals surface area contributed by atoms with Gasteiger partial charge in [-0.2, -0.15) is 0 Å². The van der Waals surface area contributed by atoms with Crippen LogP contribution in [0.4, 0.5) is 11.6 Å². The first kappa shape index (κ1) is 15.9. The number of benzene rings is 1. The first-order valence-corrected chi connectivity index (χ1v) is 8.85. The van der Waals surface area contributed by atoms with E-state index in [-0.39, 0.29) is 18.0 Å². The van der Waals surface area contributed by atoms with Gasteiger partial charge in [0.2, 0.25) is 11.9 Å². The van der Waals surface area contributed by atoms with Gasteiger partial charge in [0.15, 0.2) is 0 Å². The van der Waals surface area contributed by atoms with Crippen molar-refractivity contribution in [1.82, 2.24) is 9.55 Å². The topological polar surface area (TPSA) is 58.4 Å². The van der Waals surface area contributed by atoms with Crippen LogP contribution in [0.15, 0.2) is 35.1 Å². The van der Waals surface area contributed by atoms with E-state index < -0.39 is 0 Å². The van der Waals surface area contributed by atoms with Gasteiger partial charge in [0.25, 0.3) is 5.56 Å². The molecule has 0 aliphatic carbocycles. The molecule has 1 aromatic carbocycles. The zero-order valence-corrected chi connectivity index (χ0v) is 14.4. The van der Waals surface area contributed by atoms with Gasteiger partial charge in [-0.05, 0) is 37.8 Å². The van der Waals surface area contributed by atoms with E-state index in [0.717, 1.165) is 38.0 Å². The van der Waals surface area contributed by atoms with Gasteiger partial charge in [0, 0.05) is 37.1 Å². The summed E-state index contributed by atoms with van der Waals surface area (Å²) in [6.45, 7) is 4.30. The molecule has 3 heterocycles. The van der Waals surface area contributed by atoms with E-state index in [4.69, 9.17) is 0 Å². The van der Waals surface area contributed by atoms with Gasteiger partial charge in [-0.3, -0.25) is 14.2 Å². The third-order valence-electron chi connectivity index (χ3n) is 4.99. The lowest BCUT2D eigenvalue weighted by Crippen LogP contribution is -2.38. The maximum atomic E-state index is 12.9. The van der Waals surface area contributed by atoms with Crippen molar-refractivity contribution in [2.75, 3.05) is 29.4 Å². The molecular formula is C19H22N4O2. The number of para-hydroxylation sites is 1. The van der Waals surface area contributed by atoms with E-state index in [1.165, 1.54) is 16.2 Å². The molecule has 0 radical (unpaired) electrons. The number of amides is 1. The highest BCUT2D eigenvalue weighted by atomic mass is 16.2. The lowest BCUT2D eigenvalue weighted by Gasteiger charge is -2.23. The Hall–Kier alpha value is -2.63. The van der Waals surface area contributed by atoms with E-state index in [0.29, 0.717) is 18.2 Å². The predicted molar refractivity (Wildman–Crippen MR) is 97.2 cm³/mol. The second-order valence-electron chi connectivity index (χ2n) is 6.74. The summed E-state index contributed by atoms with van der Waals surface area (Å²) < 4.78 is 1.53. The number of nitrogens with zero attached hydrogens (tertiary/aromatic N) is 4. The molecule has 0 spiro atoms. The Kier molecular flexibility index (Phi) is 4.03. The van der Waals surface area contributed by atoms with Gasteiger partial charge in [-0.25, -0.2) is 4.98 Å². The summed E-state index contributed by atoms with van der Waals surface area (Å²) in [4.78, 5) is 33.9. The smallest absolute Gasteiger partial charge is 0.255 e. The molecule has 25 heavy (non-hydrogen) atoms. The number of carbonyl (C=O) groups is 1. The Balaban J connectivity index is 1.65. The standard InChI is InChI=1S/C19H22N4O2/c1-14-12-17(24)23(19(20-14)21-9-4-5-10-21)13-18(25)22-11-8-15-6-2-3-7-16(15)22/h2-3,6-7,12H,4-5,8-11,13H2,1H3. The zero-order chi connectivity index (χ0) is 17.4. The fourth-order valence-corrected chi connectivity index (χ4v) is 3.73. The number of hydrogen-bond donors (Lipinski definition) is 0. The van der Waals surface area contributed by atoms with Gasteiger partial charge in [0.1, 0.15) is 6.54 Å². The summed E-state index contributed by atoms with van der Waals surface area (Å²) >= 11 is 0. The number of rotatable bonds is 3. The van der Waals surface area contributed by atoms with Crippen molar-refractivity contribution in [2.45, 2.75) is 32.7 Å². The van der Waals surface area contributed by atoms with Crippen molar-refractivity contribution in [3.05, 3.63) is 51.9 Å². The molecule has 6 heteroatoms. The average Bonchev–Trinajstić information content (AvgIpc) is 3.26. The molecule has 0 N–H and O–H groups in total. The Morgan fingerprint density at radius 1 is 1.16 bits per heavy atom. The van der Waals surface area contributed by atoms with E-state index in [9.17, 15) is 9.59 Å². The fourth-order valence-electron chi connectivity index (χ4n) is 3.73. The maximum absolute atomic E-state index is 12.9. The van der Waals surface area contributed by atoms with E-state index >= 15 is 0 Å². The Morgan fingerprint density at radius 3 is 2.72 bits per heavy atom.